The summed E-state index contributed by atoms with van der Waals surface area (Å²) < 4.78 is 5.16. The molecule has 2 heterocycles. The summed E-state index contributed by atoms with van der Waals surface area (Å²) in [5, 5.41) is 0. The van der Waals surface area contributed by atoms with Gasteiger partial charge in [0.05, 0.1) is 24.6 Å². The van der Waals surface area contributed by atoms with Crippen molar-refractivity contribution >= 4 is 11.5 Å². The first-order valence-electron chi connectivity index (χ1n) is 4.15. The first kappa shape index (κ1) is 8.55. The van der Waals surface area contributed by atoms with Crippen LogP contribution in [0.15, 0.2) is 29.0 Å². The van der Waals surface area contributed by atoms with Crippen LogP contribution >= 0.6 is 0 Å². The lowest BCUT2D eigenvalue weighted by atomic mass is 10.3. The molecule has 2 rings (SSSR count). The van der Waals surface area contributed by atoms with E-state index in [-0.39, 0.29) is 0 Å². The largest absolute Gasteiger partial charge is 0.469 e. The molecule has 0 aliphatic heterocycles. The Labute approximate surface area is 80.8 Å². The Balaban J connectivity index is 2.22. The number of nitrogen functional groups attached to an aromatic ring is 2. The van der Waals surface area contributed by atoms with E-state index in [9.17, 15) is 0 Å². The topological polar surface area (TPSA) is 91.0 Å². The van der Waals surface area contributed by atoms with Gasteiger partial charge in [-0.1, -0.05) is 0 Å². The zero-order chi connectivity index (χ0) is 9.97. The lowest BCUT2D eigenvalue weighted by Crippen LogP contribution is -2.03. The molecule has 0 atom stereocenters. The number of hydrogen-bond acceptors (Lipinski definition) is 5. The second-order valence-electron chi connectivity index (χ2n) is 2.88. The lowest BCUT2D eigenvalue weighted by Gasteiger charge is -2.00. The van der Waals surface area contributed by atoms with Gasteiger partial charge in [-0.05, 0) is 12.1 Å². The molecule has 0 aliphatic rings. The van der Waals surface area contributed by atoms with Gasteiger partial charge < -0.3 is 15.9 Å². The van der Waals surface area contributed by atoms with Gasteiger partial charge in [-0.2, -0.15) is 0 Å². The Morgan fingerprint density at radius 3 is 2.86 bits per heavy atom. The van der Waals surface area contributed by atoms with Gasteiger partial charge >= 0.3 is 0 Å². The Morgan fingerprint density at radius 1 is 1.36 bits per heavy atom. The second-order valence-corrected chi connectivity index (χ2v) is 2.88. The maximum absolute atomic E-state index is 5.54. The number of anilines is 2. The van der Waals surface area contributed by atoms with Crippen molar-refractivity contribution in [2.75, 3.05) is 11.5 Å². The van der Waals surface area contributed by atoms with Gasteiger partial charge in [0.1, 0.15) is 17.4 Å². The first-order valence-corrected chi connectivity index (χ1v) is 4.15. The van der Waals surface area contributed by atoms with Gasteiger partial charge in [0.25, 0.3) is 0 Å². The fourth-order valence-corrected chi connectivity index (χ4v) is 1.10. The van der Waals surface area contributed by atoms with Crippen LogP contribution in [0, 0.1) is 0 Å². The molecule has 0 amide bonds. The quantitative estimate of drug-likeness (QED) is 0.731. The van der Waals surface area contributed by atoms with E-state index in [1.165, 1.54) is 6.20 Å². The normalized spacial score (nSPS) is 10.3. The van der Waals surface area contributed by atoms with Crippen LogP contribution in [0.4, 0.5) is 11.5 Å². The van der Waals surface area contributed by atoms with Gasteiger partial charge in [0.15, 0.2) is 0 Å². The molecule has 0 radical (unpaired) electrons. The van der Waals surface area contributed by atoms with E-state index in [1.807, 2.05) is 12.1 Å². The molecule has 0 saturated heterocycles. The second kappa shape index (κ2) is 3.37. The lowest BCUT2D eigenvalue weighted by molar-refractivity contribution is 0.517. The van der Waals surface area contributed by atoms with Gasteiger partial charge in [-0.3, -0.25) is 0 Å². The standard InChI is InChI=1S/C9H10N4O/c10-7-5-12-8(13-9(7)11)4-6-2-1-3-14-6/h1-3,5H,4,10H2,(H2,11,12,13). The highest BCUT2D eigenvalue weighted by molar-refractivity contribution is 5.55. The summed E-state index contributed by atoms with van der Waals surface area (Å²) >= 11 is 0. The monoisotopic (exact) mass is 190 g/mol. The Hall–Kier alpha value is -2.04. The van der Waals surface area contributed by atoms with Crippen molar-refractivity contribution in [3.05, 3.63) is 36.2 Å². The molecule has 5 heteroatoms. The van der Waals surface area contributed by atoms with Crippen molar-refractivity contribution < 1.29 is 4.42 Å². The molecule has 0 spiro atoms. The van der Waals surface area contributed by atoms with Crippen LogP contribution in [0.5, 0.6) is 0 Å². The highest BCUT2D eigenvalue weighted by Gasteiger charge is 2.03. The minimum absolute atomic E-state index is 0.307. The highest BCUT2D eigenvalue weighted by atomic mass is 16.3. The number of hydrogen-bond donors (Lipinski definition) is 2. The molecule has 0 saturated carbocycles. The Kier molecular flexibility index (Phi) is 2.06. The van der Waals surface area contributed by atoms with Crippen LogP contribution < -0.4 is 11.5 Å². The van der Waals surface area contributed by atoms with E-state index in [1.54, 1.807) is 6.26 Å². The number of aromatic nitrogens is 2. The summed E-state index contributed by atoms with van der Waals surface area (Å²) in [6.07, 6.45) is 3.63. The third-order valence-electron chi connectivity index (χ3n) is 1.81. The maximum Gasteiger partial charge on any atom is 0.150 e. The van der Waals surface area contributed by atoms with Crippen molar-refractivity contribution in [2.45, 2.75) is 6.42 Å². The number of rotatable bonds is 2. The van der Waals surface area contributed by atoms with E-state index in [2.05, 4.69) is 9.97 Å². The number of furan rings is 1. The highest BCUT2D eigenvalue weighted by Crippen LogP contribution is 2.11. The molecule has 14 heavy (non-hydrogen) atoms. The minimum Gasteiger partial charge on any atom is -0.469 e. The van der Waals surface area contributed by atoms with Crippen LogP contribution in [0.3, 0.4) is 0 Å². The fraction of sp³-hybridized carbons (Fsp3) is 0.111. The summed E-state index contributed by atoms with van der Waals surface area (Å²) in [4.78, 5) is 8.07. The van der Waals surface area contributed by atoms with Crippen LogP contribution in [0.25, 0.3) is 0 Å². The molecule has 72 valence electrons. The van der Waals surface area contributed by atoms with Crippen LogP contribution in [0.1, 0.15) is 11.6 Å². The van der Waals surface area contributed by atoms with E-state index in [4.69, 9.17) is 15.9 Å². The summed E-state index contributed by atoms with van der Waals surface area (Å²) in [6, 6.07) is 3.67. The minimum atomic E-state index is 0.307. The molecule has 0 unspecified atom stereocenters. The smallest absolute Gasteiger partial charge is 0.150 e. The molecule has 0 bridgehead atoms. The summed E-state index contributed by atoms with van der Waals surface area (Å²) in [6.45, 7) is 0. The van der Waals surface area contributed by atoms with E-state index in [0.717, 1.165) is 5.76 Å². The van der Waals surface area contributed by atoms with Gasteiger partial charge in [0, 0.05) is 0 Å². The van der Waals surface area contributed by atoms with Crippen molar-refractivity contribution in [1.29, 1.82) is 0 Å². The molecule has 4 N–H and O–H groups in total. The average molecular weight is 190 g/mol. The molecule has 0 aromatic carbocycles. The van der Waals surface area contributed by atoms with Crippen molar-refractivity contribution in [2.24, 2.45) is 0 Å². The zero-order valence-corrected chi connectivity index (χ0v) is 7.47. The van der Waals surface area contributed by atoms with Crippen LogP contribution in [0.2, 0.25) is 0 Å². The predicted octanol–water partition coefficient (Wildman–Crippen LogP) is 0.825. The summed E-state index contributed by atoms with van der Waals surface area (Å²) in [5.74, 6) is 1.71. The first-order chi connectivity index (χ1) is 6.75. The third kappa shape index (κ3) is 1.66. The zero-order valence-electron chi connectivity index (χ0n) is 7.47. The SMILES string of the molecule is Nc1cnc(Cc2ccco2)nc1N. The molecule has 5 nitrogen and oxygen atoms in total. The van der Waals surface area contributed by atoms with E-state index >= 15 is 0 Å². The fourth-order valence-electron chi connectivity index (χ4n) is 1.10. The maximum atomic E-state index is 5.54. The molecule has 0 fully saturated rings. The van der Waals surface area contributed by atoms with Crippen molar-refractivity contribution in [1.82, 2.24) is 9.97 Å². The summed E-state index contributed by atoms with van der Waals surface area (Å²) in [7, 11) is 0. The van der Waals surface area contributed by atoms with E-state index in [0.29, 0.717) is 23.8 Å². The van der Waals surface area contributed by atoms with Gasteiger partial charge in [-0.15, -0.1) is 0 Å². The van der Waals surface area contributed by atoms with Gasteiger partial charge in [0.2, 0.25) is 0 Å². The van der Waals surface area contributed by atoms with Crippen molar-refractivity contribution in [3.63, 3.8) is 0 Å². The van der Waals surface area contributed by atoms with Gasteiger partial charge in [-0.25, -0.2) is 9.97 Å². The summed E-state index contributed by atoms with van der Waals surface area (Å²) in [5.41, 5.74) is 11.4. The number of nitrogens with two attached hydrogens (primary N) is 2. The van der Waals surface area contributed by atoms with Crippen molar-refractivity contribution in [3.8, 4) is 0 Å². The van der Waals surface area contributed by atoms with E-state index < -0.39 is 0 Å². The van der Waals surface area contributed by atoms with Crippen LogP contribution in [-0.4, -0.2) is 9.97 Å². The van der Waals surface area contributed by atoms with Crippen LogP contribution in [-0.2, 0) is 6.42 Å². The molecular formula is C9H10N4O. The molecular weight excluding hydrogens is 180 g/mol. The molecule has 2 aromatic rings. The predicted molar refractivity (Wildman–Crippen MR) is 52.4 cm³/mol. The third-order valence-corrected chi connectivity index (χ3v) is 1.81. The Bertz CT molecular complexity index is 424. The Morgan fingerprint density at radius 2 is 2.21 bits per heavy atom. The average Bonchev–Trinajstić information content (AvgIpc) is 2.64. The number of nitrogens with zero attached hydrogens (tertiary/aromatic N) is 2. The molecule has 2 aromatic heterocycles. The molecule has 0 aliphatic carbocycles.